The molecule has 3 rings (SSSR count). The second-order valence-corrected chi connectivity index (χ2v) is 5.11. The fourth-order valence-corrected chi connectivity index (χ4v) is 2.45. The molecule has 0 radical (unpaired) electrons. The molecule has 6 heteroatoms. The lowest BCUT2D eigenvalue weighted by Crippen LogP contribution is -1.84. The van der Waals surface area contributed by atoms with Crippen molar-refractivity contribution in [2.75, 3.05) is 0 Å². The monoisotopic (exact) mass is 314 g/mol. The van der Waals surface area contributed by atoms with Gasteiger partial charge in [0.2, 0.25) is 0 Å². The third-order valence-corrected chi connectivity index (χ3v) is 3.90. The molecule has 0 saturated carbocycles. The van der Waals surface area contributed by atoms with Crippen LogP contribution in [0.2, 0.25) is 10.0 Å². The predicted molar refractivity (Wildman–Crippen MR) is 82.0 cm³/mol. The van der Waals surface area contributed by atoms with E-state index in [0.717, 1.165) is 16.7 Å². The third kappa shape index (κ3) is 2.49. The molecule has 4 nitrogen and oxygen atoms in total. The summed E-state index contributed by atoms with van der Waals surface area (Å²) in [4.78, 5) is 0. The number of nitrogens with zero attached hydrogens (tertiary/aromatic N) is 3. The highest BCUT2D eigenvalue weighted by molar-refractivity contribution is 6.43. The summed E-state index contributed by atoms with van der Waals surface area (Å²) in [6, 6.07) is 15.1. The second-order valence-electron chi connectivity index (χ2n) is 4.33. The Kier molecular flexibility index (Phi) is 3.61. The van der Waals surface area contributed by atoms with E-state index in [2.05, 4.69) is 15.4 Å². The number of aromatic amines is 1. The Morgan fingerprint density at radius 1 is 1.00 bits per heavy atom. The van der Waals surface area contributed by atoms with Gasteiger partial charge < -0.3 is 0 Å². The van der Waals surface area contributed by atoms with E-state index >= 15 is 0 Å². The van der Waals surface area contributed by atoms with Crippen LogP contribution in [0.4, 0.5) is 0 Å². The van der Waals surface area contributed by atoms with Gasteiger partial charge in [-0.25, -0.2) is 5.10 Å². The Morgan fingerprint density at radius 3 is 2.43 bits per heavy atom. The number of nitriles is 1. The van der Waals surface area contributed by atoms with E-state index in [9.17, 15) is 0 Å². The van der Waals surface area contributed by atoms with Crippen LogP contribution in [0.1, 0.15) is 5.69 Å². The largest absolute Gasteiger partial charge is 0.247 e. The number of halogens is 2. The molecule has 2 aromatic carbocycles. The molecule has 0 amide bonds. The van der Waals surface area contributed by atoms with Crippen molar-refractivity contribution in [3.8, 4) is 28.5 Å². The van der Waals surface area contributed by atoms with Crippen LogP contribution in [0.5, 0.6) is 0 Å². The van der Waals surface area contributed by atoms with E-state index in [1.54, 1.807) is 6.07 Å². The molecule has 3 aromatic rings. The maximum absolute atomic E-state index is 8.97. The lowest BCUT2D eigenvalue weighted by atomic mass is 10.0. The number of hydrogen-bond acceptors (Lipinski definition) is 3. The van der Waals surface area contributed by atoms with Crippen LogP contribution in [0, 0.1) is 11.3 Å². The van der Waals surface area contributed by atoms with Gasteiger partial charge in [0.1, 0.15) is 11.8 Å². The summed E-state index contributed by atoms with van der Waals surface area (Å²) < 4.78 is 0. The average Bonchev–Trinajstić information content (AvgIpc) is 2.99. The molecule has 0 atom stereocenters. The van der Waals surface area contributed by atoms with Crippen molar-refractivity contribution in [3.05, 3.63) is 58.2 Å². The summed E-state index contributed by atoms with van der Waals surface area (Å²) in [6.45, 7) is 0. The summed E-state index contributed by atoms with van der Waals surface area (Å²) in [5.41, 5.74) is 3.47. The predicted octanol–water partition coefficient (Wildman–Crippen LogP) is 4.32. The summed E-state index contributed by atoms with van der Waals surface area (Å²) >= 11 is 12.2. The second kappa shape index (κ2) is 5.57. The van der Waals surface area contributed by atoms with Crippen LogP contribution in [0.25, 0.3) is 22.4 Å². The highest BCUT2D eigenvalue weighted by Crippen LogP contribution is 2.34. The lowest BCUT2D eigenvalue weighted by Gasteiger charge is -2.06. The zero-order valence-electron chi connectivity index (χ0n) is 10.6. The van der Waals surface area contributed by atoms with Gasteiger partial charge in [0.25, 0.3) is 0 Å². The Hall–Kier alpha value is -2.35. The first-order valence-electron chi connectivity index (χ1n) is 6.06. The smallest absolute Gasteiger partial charge is 0.163 e. The zero-order chi connectivity index (χ0) is 14.8. The molecule has 0 aliphatic carbocycles. The first-order chi connectivity index (χ1) is 10.2. The minimum atomic E-state index is 0.337. The standard InChI is InChI=1S/C15H8Cl2N4/c16-12-3-1-2-11(14(12)17)9-4-6-10(7-5-9)15-13(8-18)19-21-20-15/h1-7H,(H,19,20,21). The van der Waals surface area contributed by atoms with E-state index in [1.807, 2.05) is 42.5 Å². The molecule has 1 heterocycles. The van der Waals surface area contributed by atoms with E-state index in [0.29, 0.717) is 21.4 Å². The molecular formula is C15H8Cl2N4. The Labute approximate surface area is 130 Å². The van der Waals surface area contributed by atoms with Crippen molar-refractivity contribution in [3.63, 3.8) is 0 Å². The molecular weight excluding hydrogens is 307 g/mol. The van der Waals surface area contributed by atoms with Gasteiger partial charge in [0, 0.05) is 11.1 Å². The minimum absolute atomic E-state index is 0.337. The molecule has 102 valence electrons. The summed E-state index contributed by atoms with van der Waals surface area (Å²) in [7, 11) is 0. The van der Waals surface area contributed by atoms with Crippen LogP contribution in [-0.2, 0) is 0 Å². The maximum atomic E-state index is 8.97. The quantitative estimate of drug-likeness (QED) is 0.766. The molecule has 0 unspecified atom stereocenters. The maximum Gasteiger partial charge on any atom is 0.163 e. The number of H-pyrrole nitrogens is 1. The molecule has 0 saturated heterocycles. The van der Waals surface area contributed by atoms with E-state index in [1.165, 1.54) is 0 Å². The van der Waals surface area contributed by atoms with Crippen LogP contribution in [0.3, 0.4) is 0 Å². The topological polar surface area (TPSA) is 65.4 Å². The Morgan fingerprint density at radius 2 is 1.71 bits per heavy atom. The number of benzene rings is 2. The van der Waals surface area contributed by atoms with Gasteiger partial charge in [-0.15, -0.1) is 5.10 Å². The zero-order valence-corrected chi connectivity index (χ0v) is 12.2. The van der Waals surface area contributed by atoms with Gasteiger partial charge in [-0.3, -0.25) is 0 Å². The van der Waals surface area contributed by atoms with E-state index in [4.69, 9.17) is 28.5 Å². The molecule has 0 aliphatic heterocycles. The molecule has 1 aromatic heterocycles. The highest BCUT2D eigenvalue weighted by atomic mass is 35.5. The van der Waals surface area contributed by atoms with Crippen molar-refractivity contribution in [1.29, 1.82) is 5.26 Å². The van der Waals surface area contributed by atoms with Gasteiger partial charge in [0.15, 0.2) is 5.69 Å². The van der Waals surface area contributed by atoms with Crippen LogP contribution in [0.15, 0.2) is 42.5 Å². The van der Waals surface area contributed by atoms with Crippen LogP contribution < -0.4 is 0 Å². The Balaban J connectivity index is 2.02. The average molecular weight is 315 g/mol. The third-order valence-electron chi connectivity index (χ3n) is 3.08. The number of aromatic nitrogens is 3. The van der Waals surface area contributed by atoms with Crippen molar-refractivity contribution in [2.45, 2.75) is 0 Å². The molecule has 0 bridgehead atoms. The summed E-state index contributed by atoms with van der Waals surface area (Å²) in [6.07, 6.45) is 0. The molecule has 21 heavy (non-hydrogen) atoms. The Bertz CT molecular complexity index is 832. The summed E-state index contributed by atoms with van der Waals surface area (Å²) in [5, 5.41) is 20.1. The first kappa shape index (κ1) is 13.6. The molecule has 0 fully saturated rings. The molecule has 0 aliphatic rings. The van der Waals surface area contributed by atoms with Crippen LogP contribution in [-0.4, -0.2) is 15.4 Å². The van der Waals surface area contributed by atoms with Gasteiger partial charge >= 0.3 is 0 Å². The van der Waals surface area contributed by atoms with Crippen molar-refractivity contribution in [1.82, 2.24) is 15.4 Å². The fraction of sp³-hybridized carbons (Fsp3) is 0. The number of hydrogen-bond donors (Lipinski definition) is 1. The molecule has 0 spiro atoms. The SMILES string of the molecule is N#Cc1[nH]nnc1-c1ccc(-c2cccc(Cl)c2Cl)cc1. The highest BCUT2D eigenvalue weighted by Gasteiger charge is 2.10. The summed E-state index contributed by atoms with van der Waals surface area (Å²) in [5.74, 6) is 0. The van der Waals surface area contributed by atoms with Crippen molar-refractivity contribution >= 4 is 23.2 Å². The van der Waals surface area contributed by atoms with Gasteiger partial charge in [-0.2, -0.15) is 5.26 Å². The van der Waals surface area contributed by atoms with Gasteiger partial charge in [0.05, 0.1) is 10.0 Å². The fourth-order valence-electron chi connectivity index (χ4n) is 2.04. The van der Waals surface area contributed by atoms with E-state index in [-0.39, 0.29) is 0 Å². The van der Waals surface area contributed by atoms with Gasteiger partial charge in [-0.1, -0.05) is 64.8 Å². The first-order valence-corrected chi connectivity index (χ1v) is 6.82. The normalized spacial score (nSPS) is 10.3. The minimum Gasteiger partial charge on any atom is -0.247 e. The number of nitrogens with one attached hydrogen (secondary N) is 1. The number of rotatable bonds is 2. The van der Waals surface area contributed by atoms with Crippen molar-refractivity contribution in [2.24, 2.45) is 0 Å². The molecule has 1 N–H and O–H groups in total. The van der Waals surface area contributed by atoms with Gasteiger partial charge in [-0.05, 0) is 11.6 Å². The van der Waals surface area contributed by atoms with E-state index < -0.39 is 0 Å². The lowest BCUT2D eigenvalue weighted by molar-refractivity contribution is 0.937. The van der Waals surface area contributed by atoms with Crippen molar-refractivity contribution < 1.29 is 0 Å². The van der Waals surface area contributed by atoms with Crippen LogP contribution >= 0.6 is 23.2 Å².